The van der Waals surface area contributed by atoms with Crippen LogP contribution >= 0.6 is 23.4 Å². The lowest BCUT2D eigenvalue weighted by Gasteiger charge is -2.40. The van der Waals surface area contributed by atoms with E-state index in [0.717, 1.165) is 28.9 Å². The van der Waals surface area contributed by atoms with E-state index in [2.05, 4.69) is 74.2 Å². The molecule has 0 spiro atoms. The van der Waals surface area contributed by atoms with E-state index in [9.17, 15) is 4.79 Å². The normalized spacial score (nSPS) is 20.1. The summed E-state index contributed by atoms with van der Waals surface area (Å²) >= 11 is 7.96. The van der Waals surface area contributed by atoms with E-state index in [0.29, 0.717) is 15.1 Å². The van der Waals surface area contributed by atoms with Gasteiger partial charge in [0.15, 0.2) is 5.17 Å². The van der Waals surface area contributed by atoms with Crippen LogP contribution in [0.5, 0.6) is 0 Å². The highest BCUT2D eigenvalue weighted by molar-refractivity contribution is 8.18. The first-order valence-corrected chi connectivity index (χ1v) is 11.5. The van der Waals surface area contributed by atoms with Crippen molar-refractivity contribution in [1.82, 2.24) is 5.32 Å². The first-order valence-electron chi connectivity index (χ1n) is 10.3. The molecule has 31 heavy (non-hydrogen) atoms. The molecule has 0 aliphatic carbocycles. The largest absolute Gasteiger partial charge is 0.365 e. The average Bonchev–Trinajstić information content (AvgIpc) is 3.06. The van der Waals surface area contributed by atoms with E-state index in [-0.39, 0.29) is 11.4 Å². The number of nitrogens with one attached hydrogen (secondary N) is 1. The molecule has 1 N–H and O–H groups in total. The summed E-state index contributed by atoms with van der Waals surface area (Å²) in [4.78, 5) is 19.9. The van der Waals surface area contributed by atoms with Gasteiger partial charge in [0, 0.05) is 23.3 Å². The second kappa shape index (κ2) is 8.21. The minimum atomic E-state index is -0.159. The number of aliphatic imine (C=N–C) groups is 1. The number of halogens is 1. The Bertz CT molecular complexity index is 1150. The molecule has 0 bridgehead atoms. The zero-order valence-electron chi connectivity index (χ0n) is 18.4. The lowest BCUT2D eigenvalue weighted by molar-refractivity contribution is -0.115. The van der Waals surface area contributed by atoms with E-state index in [1.165, 1.54) is 22.9 Å². The zero-order chi connectivity index (χ0) is 22.3. The molecule has 0 saturated carbocycles. The second-order valence-electron chi connectivity index (χ2n) is 8.43. The summed E-state index contributed by atoms with van der Waals surface area (Å²) in [7, 11) is 2.08. The number of hydrogen-bond acceptors (Lipinski definition) is 4. The number of fused-ring (bicyclic) bond motifs is 1. The Labute approximate surface area is 193 Å². The van der Waals surface area contributed by atoms with Crippen molar-refractivity contribution in [2.75, 3.05) is 11.9 Å². The number of allylic oxidation sites excluding steroid dienone is 1. The van der Waals surface area contributed by atoms with Gasteiger partial charge in [-0.25, -0.2) is 4.99 Å². The molecule has 2 aliphatic heterocycles. The van der Waals surface area contributed by atoms with Gasteiger partial charge in [0.1, 0.15) is 0 Å². The number of hydrogen-bond donors (Lipinski definition) is 1. The van der Waals surface area contributed by atoms with Gasteiger partial charge in [-0.2, -0.15) is 0 Å². The van der Waals surface area contributed by atoms with Crippen LogP contribution in [-0.2, 0) is 11.2 Å². The van der Waals surface area contributed by atoms with Crippen LogP contribution < -0.4 is 10.2 Å². The van der Waals surface area contributed by atoms with Crippen molar-refractivity contribution >= 4 is 57.5 Å². The molecule has 2 heterocycles. The molecule has 4 rings (SSSR count). The highest BCUT2D eigenvalue weighted by atomic mass is 35.5. The van der Waals surface area contributed by atoms with E-state index in [4.69, 9.17) is 11.6 Å². The highest BCUT2D eigenvalue weighted by Gasteiger charge is 2.30. The fourth-order valence-electron chi connectivity index (χ4n) is 3.84. The lowest BCUT2D eigenvalue weighted by atomic mass is 9.88. The van der Waals surface area contributed by atoms with Crippen molar-refractivity contribution < 1.29 is 4.79 Å². The summed E-state index contributed by atoms with van der Waals surface area (Å²) in [5.74, 6) is -0.159. The summed E-state index contributed by atoms with van der Waals surface area (Å²) < 4.78 is 0. The van der Waals surface area contributed by atoms with Crippen LogP contribution in [0.2, 0.25) is 5.02 Å². The van der Waals surface area contributed by atoms with Crippen LogP contribution in [0.1, 0.15) is 44.4 Å². The van der Waals surface area contributed by atoms with Gasteiger partial charge < -0.3 is 10.2 Å². The molecule has 160 valence electrons. The number of benzene rings is 2. The van der Waals surface area contributed by atoms with Crippen molar-refractivity contribution in [3.05, 3.63) is 69.1 Å². The number of amides is 1. The van der Waals surface area contributed by atoms with Gasteiger partial charge in [-0.15, -0.1) is 0 Å². The molecule has 1 saturated heterocycles. The van der Waals surface area contributed by atoms with Crippen molar-refractivity contribution in [2.45, 2.75) is 39.7 Å². The Hall–Kier alpha value is -2.50. The van der Waals surface area contributed by atoms with Gasteiger partial charge in [0.2, 0.25) is 0 Å². The van der Waals surface area contributed by atoms with Crippen molar-refractivity contribution in [3.63, 3.8) is 0 Å². The fraction of sp³-hybridized carbons (Fsp3) is 0.280. The average molecular weight is 452 g/mol. The number of carbonyl (C=O) groups excluding carboxylic acids is 1. The molecule has 2 aromatic rings. The Kier molecular flexibility index (Phi) is 5.75. The molecule has 0 radical (unpaired) electrons. The second-order valence-corrected chi connectivity index (χ2v) is 9.87. The third-order valence-corrected chi connectivity index (χ3v) is 7.09. The smallest absolute Gasteiger partial charge is 0.264 e. The van der Waals surface area contributed by atoms with Gasteiger partial charge in [0.05, 0.1) is 16.1 Å². The van der Waals surface area contributed by atoms with Gasteiger partial charge in [-0.05, 0) is 86.0 Å². The number of thioether (sulfide) groups is 1. The predicted octanol–water partition coefficient (Wildman–Crippen LogP) is 6.43. The van der Waals surface area contributed by atoms with Crippen LogP contribution in [0.3, 0.4) is 0 Å². The van der Waals surface area contributed by atoms with Crippen molar-refractivity contribution in [2.24, 2.45) is 4.99 Å². The number of nitrogens with zero attached hydrogens (tertiary/aromatic N) is 2. The maximum atomic E-state index is 12.5. The molecule has 1 fully saturated rings. The Balaban J connectivity index is 1.64. The summed E-state index contributed by atoms with van der Waals surface area (Å²) in [6.07, 6.45) is 5.09. The number of rotatable bonds is 3. The number of aryl methyl sites for hydroxylation is 1. The highest BCUT2D eigenvalue weighted by Crippen LogP contribution is 2.41. The van der Waals surface area contributed by atoms with Gasteiger partial charge in [-0.1, -0.05) is 36.7 Å². The van der Waals surface area contributed by atoms with Gasteiger partial charge in [0.25, 0.3) is 5.91 Å². The topological polar surface area (TPSA) is 44.7 Å². The molecular formula is C25H26ClN3OS. The molecule has 0 aromatic heterocycles. The van der Waals surface area contributed by atoms with Crippen molar-refractivity contribution in [3.8, 4) is 0 Å². The molecular weight excluding hydrogens is 426 g/mol. The number of amidine groups is 1. The van der Waals surface area contributed by atoms with Crippen LogP contribution in [0.15, 0.2) is 52.4 Å². The van der Waals surface area contributed by atoms with Crippen molar-refractivity contribution in [1.29, 1.82) is 0 Å². The first kappa shape index (κ1) is 21.7. The fourth-order valence-corrected chi connectivity index (χ4v) is 4.89. The molecule has 2 aromatic carbocycles. The van der Waals surface area contributed by atoms with Gasteiger partial charge >= 0.3 is 0 Å². The number of carbonyl (C=O) groups is 1. The molecule has 6 heteroatoms. The monoisotopic (exact) mass is 451 g/mol. The molecule has 0 unspecified atom stereocenters. The Morgan fingerprint density at radius 3 is 2.61 bits per heavy atom. The molecule has 2 aliphatic rings. The van der Waals surface area contributed by atoms with Gasteiger partial charge in [-0.3, -0.25) is 4.79 Å². The Morgan fingerprint density at radius 2 is 1.94 bits per heavy atom. The maximum Gasteiger partial charge on any atom is 0.264 e. The van der Waals surface area contributed by atoms with E-state index in [1.807, 2.05) is 24.3 Å². The molecule has 0 atom stereocenters. The maximum absolute atomic E-state index is 12.5. The van der Waals surface area contributed by atoms with E-state index in [1.54, 1.807) is 0 Å². The van der Waals surface area contributed by atoms with E-state index >= 15 is 0 Å². The first-order chi connectivity index (χ1) is 14.7. The number of anilines is 1. The molecule has 4 nitrogen and oxygen atoms in total. The minimum Gasteiger partial charge on any atom is -0.365 e. The predicted molar refractivity (Wildman–Crippen MR) is 134 cm³/mol. The van der Waals surface area contributed by atoms with Crippen LogP contribution in [-0.4, -0.2) is 23.7 Å². The van der Waals surface area contributed by atoms with Crippen LogP contribution in [0, 0.1) is 0 Å². The van der Waals surface area contributed by atoms with E-state index < -0.39 is 0 Å². The summed E-state index contributed by atoms with van der Waals surface area (Å²) in [5.41, 5.74) is 6.25. The summed E-state index contributed by atoms with van der Waals surface area (Å²) in [6.45, 7) is 8.59. The molecule has 1 amide bonds. The van der Waals surface area contributed by atoms with Crippen LogP contribution in [0.4, 0.5) is 11.4 Å². The van der Waals surface area contributed by atoms with Crippen LogP contribution in [0.25, 0.3) is 11.6 Å². The summed E-state index contributed by atoms with van der Waals surface area (Å²) in [6, 6.07) is 12.1. The SMILES string of the molecule is CCc1ccc(N=C2NC(=O)/C(=C\c3cc4c(cc3Cl)N(C)C(C)(C)C=C4C)S2)cc1. The quantitative estimate of drug-likeness (QED) is 0.547. The minimum absolute atomic E-state index is 0.0811. The Morgan fingerprint density at radius 1 is 1.23 bits per heavy atom. The summed E-state index contributed by atoms with van der Waals surface area (Å²) in [5, 5.41) is 4.05. The number of likely N-dealkylation sites (N-methyl/N-ethyl adjacent to an activating group) is 1. The zero-order valence-corrected chi connectivity index (χ0v) is 20.0. The lowest BCUT2D eigenvalue weighted by Crippen LogP contribution is -2.42. The third-order valence-electron chi connectivity index (χ3n) is 5.85. The third kappa shape index (κ3) is 4.30. The standard InChI is InChI=1S/C25H26ClN3OS/c1-6-16-7-9-18(10-8-16)27-24-28-23(30)22(31-24)12-17-11-19-15(2)14-25(3,4)29(5)21(19)13-20(17)26/h7-14H,6H2,1-5H3,(H,27,28,30)/b22-12+.